The van der Waals surface area contributed by atoms with E-state index in [1.54, 1.807) is 7.11 Å². The first-order valence-corrected chi connectivity index (χ1v) is 7.28. The molecule has 2 rings (SSSR count). The van der Waals surface area contributed by atoms with Crippen LogP contribution in [0.15, 0.2) is 4.47 Å². The van der Waals surface area contributed by atoms with Crippen molar-refractivity contribution in [1.82, 2.24) is 9.97 Å². The number of methoxy groups -OCH3 is 1. The summed E-state index contributed by atoms with van der Waals surface area (Å²) in [6, 6.07) is 0. The lowest BCUT2D eigenvalue weighted by Crippen LogP contribution is -2.11. The smallest absolute Gasteiger partial charge is 0.159 e. The number of nitrogens with one attached hydrogen (secondary N) is 1. The van der Waals surface area contributed by atoms with Gasteiger partial charge in [0, 0.05) is 20.1 Å². The topological polar surface area (TPSA) is 47.0 Å². The van der Waals surface area contributed by atoms with E-state index in [4.69, 9.17) is 9.72 Å². The zero-order chi connectivity index (χ0) is 13.1. The first-order chi connectivity index (χ1) is 8.71. The minimum atomic E-state index is -0.00676. The second kappa shape index (κ2) is 5.97. The zero-order valence-corrected chi connectivity index (χ0v) is 12.7. The highest BCUT2D eigenvalue weighted by Gasteiger charge is 2.30. The van der Waals surface area contributed by atoms with Gasteiger partial charge < -0.3 is 10.1 Å². The first kappa shape index (κ1) is 13.7. The quantitative estimate of drug-likeness (QED) is 0.871. The van der Waals surface area contributed by atoms with E-state index in [0.29, 0.717) is 5.92 Å². The lowest BCUT2D eigenvalue weighted by molar-refractivity contribution is 0.0875. The molecule has 1 N–H and O–H groups in total. The van der Waals surface area contributed by atoms with E-state index < -0.39 is 0 Å². The van der Waals surface area contributed by atoms with Crippen molar-refractivity contribution in [2.45, 2.75) is 44.6 Å². The lowest BCUT2D eigenvalue weighted by Gasteiger charge is -2.16. The average molecular weight is 314 g/mol. The van der Waals surface area contributed by atoms with Gasteiger partial charge in [-0.1, -0.05) is 13.3 Å². The Bertz CT molecular complexity index is 421. The number of ether oxygens (including phenoxy) is 1. The second-order valence-corrected chi connectivity index (χ2v) is 5.46. The Morgan fingerprint density at radius 2 is 2.17 bits per heavy atom. The molecule has 100 valence electrons. The van der Waals surface area contributed by atoms with Crippen LogP contribution in [0.5, 0.6) is 0 Å². The molecule has 1 aromatic rings. The van der Waals surface area contributed by atoms with Crippen molar-refractivity contribution in [3.8, 4) is 0 Å². The van der Waals surface area contributed by atoms with Gasteiger partial charge in [-0.25, -0.2) is 9.97 Å². The number of hydrogen-bond acceptors (Lipinski definition) is 4. The van der Waals surface area contributed by atoms with Crippen LogP contribution in [0.4, 0.5) is 5.82 Å². The van der Waals surface area contributed by atoms with Crippen LogP contribution in [-0.4, -0.2) is 24.1 Å². The number of halogens is 1. The van der Waals surface area contributed by atoms with E-state index in [0.717, 1.165) is 34.7 Å². The van der Waals surface area contributed by atoms with E-state index in [2.05, 4.69) is 33.2 Å². The molecule has 0 aliphatic heterocycles. The number of nitrogens with zero attached hydrogens (tertiary/aromatic N) is 2. The summed E-state index contributed by atoms with van der Waals surface area (Å²) in [6.45, 7) is 2.14. The van der Waals surface area contributed by atoms with Gasteiger partial charge in [-0.2, -0.15) is 0 Å². The van der Waals surface area contributed by atoms with Gasteiger partial charge in [-0.05, 0) is 35.2 Å². The van der Waals surface area contributed by atoms with E-state index in [-0.39, 0.29) is 6.10 Å². The van der Waals surface area contributed by atoms with E-state index in [1.165, 1.54) is 12.8 Å². The number of rotatable bonds is 6. The monoisotopic (exact) mass is 313 g/mol. The Morgan fingerprint density at radius 3 is 2.67 bits per heavy atom. The summed E-state index contributed by atoms with van der Waals surface area (Å²) in [7, 11) is 3.61. The maximum absolute atomic E-state index is 5.50. The molecule has 0 amide bonds. The van der Waals surface area contributed by atoms with Crippen molar-refractivity contribution < 1.29 is 4.74 Å². The molecule has 1 atom stereocenters. The van der Waals surface area contributed by atoms with Crippen molar-refractivity contribution in [3.05, 3.63) is 16.0 Å². The Balaban J connectivity index is 2.37. The van der Waals surface area contributed by atoms with Crippen molar-refractivity contribution in [3.63, 3.8) is 0 Å². The summed E-state index contributed by atoms with van der Waals surface area (Å²) in [4.78, 5) is 9.27. The predicted molar refractivity (Wildman–Crippen MR) is 75.9 cm³/mol. The standard InChI is InChI=1S/C13H20BrN3O/c1-4-5-9(18-3)12-16-11(8-6-7-8)10(14)13(15-2)17-12/h8-9H,4-7H2,1-3H3,(H,15,16,17). The summed E-state index contributed by atoms with van der Waals surface area (Å²) in [5.41, 5.74) is 1.13. The molecule has 1 saturated carbocycles. The molecule has 18 heavy (non-hydrogen) atoms. The van der Waals surface area contributed by atoms with Crippen LogP contribution in [0.2, 0.25) is 0 Å². The molecule has 0 radical (unpaired) electrons. The van der Waals surface area contributed by atoms with Crippen molar-refractivity contribution in [2.24, 2.45) is 0 Å². The third-order valence-corrected chi connectivity index (χ3v) is 4.00. The highest BCUT2D eigenvalue weighted by Crippen LogP contribution is 2.44. The summed E-state index contributed by atoms with van der Waals surface area (Å²) < 4.78 is 6.51. The Hall–Kier alpha value is -0.680. The fourth-order valence-corrected chi connectivity index (χ4v) is 2.73. The van der Waals surface area contributed by atoms with Gasteiger partial charge in [0.2, 0.25) is 0 Å². The van der Waals surface area contributed by atoms with E-state index in [1.807, 2.05) is 7.05 Å². The Morgan fingerprint density at radius 1 is 1.44 bits per heavy atom. The molecule has 4 nitrogen and oxygen atoms in total. The molecule has 1 unspecified atom stereocenters. The van der Waals surface area contributed by atoms with Crippen LogP contribution >= 0.6 is 15.9 Å². The van der Waals surface area contributed by atoms with E-state index in [9.17, 15) is 0 Å². The number of hydrogen-bond donors (Lipinski definition) is 1. The van der Waals surface area contributed by atoms with Crippen LogP contribution in [-0.2, 0) is 4.74 Å². The lowest BCUT2D eigenvalue weighted by atomic mass is 10.2. The van der Waals surface area contributed by atoms with Gasteiger partial charge >= 0.3 is 0 Å². The van der Waals surface area contributed by atoms with Gasteiger partial charge in [0.25, 0.3) is 0 Å². The van der Waals surface area contributed by atoms with Crippen LogP contribution < -0.4 is 5.32 Å². The predicted octanol–water partition coefficient (Wildman–Crippen LogP) is 3.65. The van der Waals surface area contributed by atoms with E-state index >= 15 is 0 Å². The van der Waals surface area contributed by atoms with Gasteiger partial charge in [-0.3, -0.25) is 0 Å². The first-order valence-electron chi connectivity index (χ1n) is 6.49. The van der Waals surface area contributed by atoms with Crippen LogP contribution in [0.3, 0.4) is 0 Å². The fourth-order valence-electron chi connectivity index (χ4n) is 2.03. The highest BCUT2D eigenvalue weighted by molar-refractivity contribution is 9.10. The third-order valence-electron chi connectivity index (χ3n) is 3.22. The molecule has 1 fully saturated rings. The maximum atomic E-state index is 5.50. The molecule has 0 spiro atoms. The number of aromatic nitrogens is 2. The molecule has 1 heterocycles. The maximum Gasteiger partial charge on any atom is 0.159 e. The molecule has 1 aliphatic rings. The van der Waals surface area contributed by atoms with Gasteiger partial charge in [-0.15, -0.1) is 0 Å². The fraction of sp³-hybridized carbons (Fsp3) is 0.692. The van der Waals surface area contributed by atoms with Gasteiger partial charge in [0.1, 0.15) is 11.9 Å². The SMILES string of the molecule is CCCC(OC)c1nc(NC)c(Br)c(C2CC2)n1. The Kier molecular flexibility index (Phi) is 4.56. The molecule has 0 aromatic carbocycles. The summed E-state index contributed by atoms with van der Waals surface area (Å²) >= 11 is 3.60. The molecule has 1 aromatic heterocycles. The van der Waals surface area contributed by atoms with Gasteiger partial charge in [0.05, 0.1) is 10.2 Å². The largest absolute Gasteiger partial charge is 0.373 e. The summed E-state index contributed by atoms with van der Waals surface area (Å²) in [5.74, 6) is 2.25. The summed E-state index contributed by atoms with van der Waals surface area (Å²) in [5, 5.41) is 3.13. The Labute approximate surface area is 117 Å². The second-order valence-electron chi connectivity index (χ2n) is 4.67. The minimum Gasteiger partial charge on any atom is -0.373 e. The average Bonchev–Trinajstić information content (AvgIpc) is 3.20. The van der Waals surface area contributed by atoms with Gasteiger partial charge in [0.15, 0.2) is 5.82 Å². The third kappa shape index (κ3) is 2.83. The number of anilines is 1. The molecule has 5 heteroatoms. The normalized spacial score (nSPS) is 16.7. The van der Waals surface area contributed by atoms with Crippen LogP contribution in [0.25, 0.3) is 0 Å². The molecule has 1 aliphatic carbocycles. The highest BCUT2D eigenvalue weighted by atomic mass is 79.9. The zero-order valence-electron chi connectivity index (χ0n) is 11.2. The van der Waals surface area contributed by atoms with Crippen molar-refractivity contribution in [1.29, 1.82) is 0 Å². The van der Waals surface area contributed by atoms with Crippen LogP contribution in [0.1, 0.15) is 56.1 Å². The molecular weight excluding hydrogens is 294 g/mol. The minimum absolute atomic E-state index is 0.00676. The van der Waals surface area contributed by atoms with Crippen molar-refractivity contribution in [2.75, 3.05) is 19.5 Å². The molecule has 0 bridgehead atoms. The van der Waals surface area contributed by atoms with Crippen LogP contribution in [0, 0.1) is 0 Å². The summed E-state index contributed by atoms with van der Waals surface area (Å²) in [6.07, 6.45) is 4.46. The molecule has 0 saturated heterocycles. The van der Waals surface area contributed by atoms with Crippen molar-refractivity contribution >= 4 is 21.7 Å². The molecular formula is C13H20BrN3O.